The Morgan fingerprint density at radius 1 is 1.14 bits per heavy atom. The number of ether oxygens (including phenoxy) is 2. The minimum atomic E-state index is 0.233. The molecule has 1 aromatic carbocycles. The molecular formula is C17H26N2O3. The molecule has 0 aromatic heterocycles. The van der Waals surface area contributed by atoms with Crippen molar-refractivity contribution in [1.82, 2.24) is 4.90 Å². The zero-order valence-electron chi connectivity index (χ0n) is 13.6. The first-order valence-corrected chi connectivity index (χ1v) is 7.98. The van der Waals surface area contributed by atoms with E-state index in [1.807, 2.05) is 23.1 Å². The Labute approximate surface area is 132 Å². The Kier molecular flexibility index (Phi) is 6.37. The zero-order chi connectivity index (χ0) is 15.8. The van der Waals surface area contributed by atoms with Crippen molar-refractivity contribution < 1.29 is 14.3 Å². The summed E-state index contributed by atoms with van der Waals surface area (Å²) in [5.41, 5.74) is 0.852. The summed E-state index contributed by atoms with van der Waals surface area (Å²) in [5, 5.41) is 3.27. The summed E-state index contributed by atoms with van der Waals surface area (Å²) < 4.78 is 10.5. The Morgan fingerprint density at radius 2 is 1.86 bits per heavy atom. The highest BCUT2D eigenvalue weighted by Crippen LogP contribution is 2.28. The van der Waals surface area contributed by atoms with Crippen LogP contribution in [0.3, 0.4) is 0 Å². The van der Waals surface area contributed by atoms with Gasteiger partial charge in [-0.1, -0.05) is 12.8 Å². The van der Waals surface area contributed by atoms with Gasteiger partial charge in [0.05, 0.1) is 19.9 Å². The van der Waals surface area contributed by atoms with E-state index < -0.39 is 0 Å². The first-order valence-electron chi connectivity index (χ1n) is 7.98. The second kappa shape index (κ2) is 8.51. The van der Waals surface area contributed by atoms with Crippen LogP contribution in [0, 0.1) is 0 Å². The van der Waals surface area contributed by atoms with Crippen molar-refractivity contribution in [3.63, 3.8) is 0 Å². The number of likely N-dealkylation sites (tertiary alicyclic amines) is 1. The average molecular weight is 306 g/mol. The summed E-state index contributed by atoms with van der Waals surface area (Å²) in [5.74, 6) is 1.75. The number of hydrogen-bond donors (Lipinski definition) is 1. The number of methoxy groups -OCH3 is 2. The fraction of sp³-hybridized carbons (Fsp3) is 0.588. The fourth-order valence-corrected chi connectivity index (χ4v) is 2.73. The van der Waals surface area contributed by atoms with Crippen LogP contribution < -0.4 is 14.8 Å². The number of nitrogens with zero attached hydrogens (tertiary/aromatic N) is 1. The van der Waals surface area contributed by atoms with Gasteiger partial charge in [0.2, 0.25) is 5.91 Å². The van der Waals surface area contributed by atoms with Gasteiger partial charge in [0.1, 0.15) is 11.5 Å². The van der Waals surface area contributed by atoms with Crippen LogP contribution in [0.4, 0.5) is 5.69 Å². The molecule has 1 amide bonds. The third-order valence-corrected chi connectivity index (χ3v) is 4.02. The van der Waals surface area contributed by atoms with Crippen molar-refractivity contribution in [2.45, 2.75) is 32.1 Å². The fourth-order valence-electron chi connectivity index (χ4n) is 2.73. The number of anilines is 1. The molecule has 2 rings (SSSR count). The minimum Gasteiger partial charge on any atom is -0.497 e. The molecule has 0 unspecified atom stereocenters. The zero-order valence-corrected chi connectivity index (χ0v) is 13.6. The number of carbonyl (C=O) groups excluding carboxylic acids is 1. The third-order valence-electron chi connectivity index (χ3n) is 4.02. The van der Waals surface area contributed by atoms with E-state index >= 15 is 0 Å². The molecule has 0 bridgehead atoms. The van der Waals surface area contributed by atoms with Crippen molar-refractivity contribution in [3.8, 4) is 11.5 Å². The molecule has 1 aliphatic heterocycles. The molecule has 0 saturated carbocycles. The maximum atomic E-state index is 12.2. The number of rotatable bonds is 6. The van der Waals surface area contributed by atoms with E-state index in [-0.39, 0.29) is 5.91 Å². The summed E-state index contributed by atoms with van der Waals surface area (Å²) >= 11 is 0. The lowest BCUT2D eigenvalue weighted by Gasteiger charge is -2.20. The van der Waals surface area contributed by atoms with E-state index in [0.717, 1.165) is 43.1 Å². The summed E-state index contributed by atoms with van der Waals surface area (Å²) in [4.78, 5) is 14.2. The van der Waals surface area contributed by atoms with Crippen LogP contribution in [0.15, 0.2) is 18.2 Å². The van der Waals surface area contributed by atoms with Crippen molar-refractivity contribution in [2.24, 2.45) is 0 Å². The number of carbonyl (C=O) groups is 1. The van der Waals surface area contributed by atoms with Crippen LogP contribution in [0.1, 0.15) is 32.1 Å². The summed E-state index contributed by atoms with van der Waals surface area (Å²) in [7, 11) is 3.27. The van der Waals surface area contributed by atoms with Crippen molar-refractivity contribution >= 4 is 11.6 Å². The smallest absolute Gasteiger partial charge is 0.224 e. The predicted octanol–water partition coefficient (Wildman–Crippen LogP) is 2.91. The van der Waals surface area contributed by atoms with E-state index in [1.165, 1.54) is 12.8 Å². The van der Waals surface area contributed by atoms with Gasteiger partial charge in [-0.15, -0.1) is 0 Å². The van der Waals surface area contributed by atoms with Crippen LogP contribution in [0.2, 0.25) is 0 Å². The molecule has 5 nitrogen and oxygen atoms in total. The molecule has 0 radical (unpaired) electrons. The quantitative estimate of drug-likeness (QED) is 0.878. The van der Waals surface area contributed by atoms with Crippen LogP contribution >= 0.6 is 0 Å². The maximum absolute atomic E-state index is 12.2. The Balaban J connectivity index is 1.86. The largest absolute Gasteiger partial charge is 0.497 e. The van der Waals surface area contributed by atoms with E-state index in [2.05, 4.69) is 5.32 Å². The Hall–Kier alpha value is -1.91. The standard InChI is InChI=1S/C17H26N2O3/c1-21-14-7-8-16(22-2)15(13-14)18-10-9-17(20)19-11-5-3-4-6-12-19/h7-8,13,18H,3-6,9-12H2,1-2H3. The van der Waals surface area contributed by atoms with Crippen LogP contribution in [-0.4, -0.2) is 44.7 Å². The maximum Gasteiger partial charge on any atom is 0.224 e. The van der Waals surface area contributed by atoms with E-state index in [0.29, 0.717) is 13.0 Å². The molecule has 1 N–H and O–H groups in total. The summed E-state index contributed by atoms with van der Waals surface area (Å²) in [6, 6.07) is 5.60. The molecule has 1 aromatic rings. The number of benzene rings is 1. The van der Waals surface area contributed by atoms with Gasteiger partial charge in [-0.05, 0) is 25.0 Å². The SMILES string of the molecule is COc1ccc(OC)c(NCCC(=O)N2CCCCCC2)c1. The van der Waals surface area contributed by atoms with Gasteiger partial charge in [-0.2, -0.15) is 0 Å². The molecule has 1 saturated heterocycles. The highest BCUT2D eigenvalue weighted by Gasteiger charge is 2.15. The van der Waals surface area contributed by atoms with Gasteiger partial charge in [0.15, 0.2) is 0 Å². The average Bonchev–Trinajstić information content (AvgIpc) is 2.84. The van der Waals surface area contributed by atoms with Crippen molar-refractivity contribution in [3.05, 3.63) is 18.2 Å². The highest BCUT2D eigenvalue weighted by molar-refractivity contribution is 5.77. The van der Waals surface area contributed by atoms with E-state index in [9.17, 15) is 4.79 Å². The lowest BCUT2D eigenvalue weighted by molar-refractivity contribution is -0.130. The number of hydrogen-bond acceptors (Lipinski definition) is 4. The van der Waals surface area contributed by atoms with Gasteiger partial charge < -0.3 is 19.7 Å². The highest BCUT2D eigenvalue weighted by atomic mass is 16.5. The molecule has 122 valence electrons. The molecule has 5 heteroatoms. The van der Waals surface area contributed by atoms with Gasteiger partial charge in [-0.25, -0.2) is 0 Å². The van der Waals surface area contributed by atoms with Gasteiger partial charge in [0.25, 0.3) is 0 Å². The minimum absolute atomic E-state index is 0.233. The predicted molar refractivity (Wildman–Crippen MR) is 87.7 cm³/mol. The monoisotopic (exact) mass is 306 g/mol. The van der Waals surface area contributed by atoms with E-state index in [1.54, 1.807) is 14.2 Å². The molecule has 1 heterocycles. The molecule has 1 fully saturated rings. The van der Waals surface area contributed by atoms with Gasteiger partial charge in [-0.3, -0.25) is 4.79 Å². The Bertz CT molecular complexity index is 483. The van der Waals surface area contributed by atoms with Crippen LogP contribution in [0.25, 0.3) is 0 Å². The molecule has 1 aliphatic rings. The lowest BCUT2D eigenvalue weighted by Crippen LogP contribution is -2.32. The molecule has 0 atom stereocenters. The van der Waals surface area contributed by atoms with Crippen LogP contribution in [-0.2, 0) is 4.79 Å². The third kappa shape index (κ3) is 4.55. The lowest BCUT2D eigenvalue weighted by atomic mass is 10.2. The van der Waals surface area contributed by atoms with Crippen molar-refractivity contribution in [1.29, 1.82) is 0 Å². The second-order valence-corrected chi connectivity index (χ2v) is 5.54. The molecule has 0 aliphatic carbocycles. The van der Waals surface area contributed by atoms with E-state index in [4.69, 9.17) is 9.47 Å². The molecule has 22 heavy (non-hydrogen) atoms. The summed E-state index contributed by atoms with van der Waals surface area (Å²) in [6.45, 7) is 2.40. The topological polar surface area (TPSA) is 50.8 Å². The molecular weight excluding hydrogens is 280 g/mol. The summed E-state index contributed by atoms with van der Waals surface area (Å²) in [6.07, 6.45) is 5.23. The van der Waals surface area contributed by atoms with Crippen LogP contribution in [0.5, 0.6) is 11.5 Å². The first-order chi connectivity index (χ1) is 10.7. The van der Waals surface area contributed by atoms with Gasteiger partial charge >= 0.3 is 0 Å². The van der Waals surface area contributed by atoms with Crippen molar-refractivity contribution in [2.75, 3.05) is 39.2 Å². The normalized spacial score (nSPS) is 15.1. The number of nitrogens with one attached hydrogen (secondary N) is 1. The second-order valence-electron chi connectivity index (χ2n) is 5.54. The Morgan fingerprint density at radius 3 is 2.50 bits per heavy atom. The first kappa shape index (κ1) is 16.5. The molecule has 0 spiro atoms. The number of amides is 1. The van der Waals surface area contributed by atoms with Gasteiger partial charge in [0, 0.05) is 32.1 Å².